The fourth-order valence-electron chi connectivity index (χ4n) is 1.86. The predicted octanol–water partition coefficient (Wildman–Crippen LogP) is 0.813. The Balaban J connectivity index is 0.00000147. The minimum atomic E-state index is 0. The Labute approximate surface area is 143 Å². The number of aromatic nitrogens is 2. The summed E-state index contributed by atoms with van der Waals surface area (Å²) in [4.78, 5) is 0. The first-order valence-electron chi connectivity index (χ1n) is 5.96. The molecule has 3 rings (SSSR count). The van der Waals surface area contributed by atoms with Crippen LogP contribution in [0.4, 0.5) is 0 Å². The summed E-state index contributed by atoms with van der Waals surface area (Å²) < 4.78 is 3.09. The Morgan fingerprint density at radius 3 is 2.15 bits per heavy atom. The molecule has 102 valence electrons. The Bertz CT molecular complexity index is 612. The van der Waals surface area contributed by atoms with Crippen LogP contribution in [0.1, 0.15) is 0 Å². The second-order valence-corrected chi connectivity index (χ2v) is 6.02. The van der Waals surface area contributed by atoms with E-state index in [-0.39, 0.29) is 24.0 Å². The van der Waals surface area contributed by atoms with Crippen LogP contribution in [-0.2, 0) is 0 Å². The van der Waals surface area contributed by atoms with Crippen molar-refractivity contribution in [1.82, 2.24) is 5.10 Å². The molecule has 0 atom stereocenters. The maximum atomic E-state index is 4.67. The SMILES string of the molecule is CSc1n[n+](-c2ccccc2)c(-c2ccccc2)s1.[I-]. The van der Waals surface area contributed by atoms with Gasteiger partial charge in [-0.15, -0.1) is 0 Å². The third-order valence-electron chi connectivity index (χ3n) is 2.75. The molecule has 0 aliphatic carbocycles. The van der Waals surface area contributed by atoms with Crippen LogP contribution in [0.25, 0.3) is 16.3 Å². The summed E-state index contributed by atoms with van der Waals surface area (Å²) >= 11 is 3.40. The van der Waals surface area contributed by atoms with Crippen LogP contribution in [-0.4, -0.2) is 11.4 Å². The highest BCUT2D eigenvalue weighted by molar-refractivity contribution is 8.00. The lowest BCUT2D eigenvalue weighted by molar-refractivity contribution is -0.646. The number of para-hydroxylation sites is 1. The van der Waals surface area contributed by atoms with E-state index in [2.05, 4.69) is 47.8 Å². The first-order chi connectivity index (χ1) is 9.38. The van der Waals surface area contributed by atoms with E-state index in [1.54, 1.807) is 23.1 Å². The first-order valence-corrected chi connectivity index (χ1v) is 8.00. The van der Waals surface area contributed by atoms with Gasteiger partial charge in [-0.2, -0.15) is 0 Å². The molecule has 0 aliphatic rings. The quantitative estimate of drug-likeness (QED) is 0.360. The zero-order chi connectivity index (χ0) is 13.1. The van der Waals surface area contributed by atoms with Gasteiger partial charge in [-0.05, 0) is 34.4 Å². The van der Waals surface area contributed by atoms with Crippen molar-refractivity contribution in [1.29, 1.82) is 0 Å². The average molecular weight is 412 g/mol. The molecule has 0 saturated carbocycles. The second kappa shape index (κ2) is 7.19. The number of nitrogens with zero attached hydrogens (tertiary/aromatic N) is 2. The number of halogens is 1. The van der Waals surface area contributed by atoms with Gasteiger partial charge >= 0.3 is 5.01 Å². The van der Waals surface area contributed by atoms with Gasteiger partial charge in [0.15, 0.2) is 0 Å². The van der Waals surface area contributed by atoms with E-state index in [4.69, 9.17) is 0 Å². The summed E-state index contributed by atoms with van der Waals surface area (Å²) in [6.07, 6.45) is 2.06. The largest absolute Gasteiger partial charge is 1.00 e. The van der Waals surface area contributed by atoms with Crippen LogP contribution in [0.2, 0.25) is 0 Å². The monoisotopic (exact) mass is 412 g/mol. The maximum absolute atomic E-state index is 4.67. The molecule has 3 aromatic rings. The van der Waals surface area contributed by atoms with Gasteiger partial charge in [0, 0.05) is 17.2 Å². The van der Waals surface area contributed by atoms with Crippen molar-refractivity contribution in [3.63, 3.8) is 0 Å². The summed E-state index contributed by atoms with van der Waals surface area (Å²) in [5.74, 6) is 0. The van der Waals surface area contributed by atoms with E-state index in [9.17, 15) is 0 Å². The highest BCUT2D eigenvalue weighted by atomic mass is 127. The van der Waals surface area contributed by atoms with E-state index in [0.717, 1.165) is 15.0 Å². The summed E-state index contributed by atoms with van der Waals surface area (Å²) in [6.45, 7) is 0. The van der Waals surface area contributed by atoms with Gasteiger partial charge in [0.25, 0.3) is 0 Å². The average Bonchev–Trinajstić information content (AvgIpc) is 2.93. The molecule has 0 fully saturated rings. The topological polar surface area (TPSA) is 16.8 Å². The highest BCUT2D eigenvalue weighted by Crippen LogP contribution is 2.27. The van der Waals surface area contributed by atoms with E-state index in [1.165, 1.54) is 5.56 Å². The molecule has 2 nitrogen and oxygen atoms in total. The third kappa shape index (κ3) is 3.21. The van der Waals surface area contributed by atoms with Gasteiger partial charge in [-0.25, -0.2) is 0 Å². The lowest BCUT2D eigenvalue weighted by Crippen LogP contribution is -3.00. The van der Waals surface area contributed by atoms with Crippen molar-refractivity contribution in [2.45, 2.75) is 4.34 Å². The number of hydrogen-bond acceptors (Lipinski definition) is 3. The molecule has 2 aromatic carbocycles. The first kappa shape index (κ1) is 15.5. The van der Waals surface area contributed by atoms with Crippen molar-refractivity contribution < 1.29 is 28.7 Å². The molecule has 1 heterocycles. The van der Waals surface area contributed by atoms with Gasteiger partial charge in [0.1, 0.15) is 0 Å². The Morgan fingerprint density at radius 2 is 1.55 bits per heavy atom. The van der Waals surface area contributed by atoms with Crippen molar-refractivity contribution >= 4 is 23.1 Å². The molecular formula is C15H13IN2S2. The van der Waals surface area contributed by atoms with Gasteiger partial charge in [-0.1, -0.05) is 48.2 Å². The smallest absolute Gasteiger partial charge is 0.303 e. The number of rotatable bonds is 3. The molecule has 0 saturated heterocycles. The van der Waals surface area contributed by atoms with E-state index >= 15 is 0 Å². The second-order valence-electron chi connectivity index (χ2n) is 3.99. The standard InChI is InChI=1S/C15H13N2S2.HI/c1-18-15-16-17(13-10-6-3-7-11-13)14(19-15)12-8-4-2-5-9-12;/h2-11H,1H3;1H/q+1;/p-1. The van der Waals surface area contributed by atoms with Gasteiger partial charge in [0.05, 0.1) is 5.56 Å². The van der Waals surface area contributed by atoms with Crippen LogP contribution < -0.4 is 28.7 Å². The summed E-state index contributed by atoms with van der Waals surface area (Å²) in [5, 5.41) is 5.84. The zero-order valence-corrected chi connectivity index (χ0v) is 14.7. The molecular weight excluding hydrogens is 399 g/mol. The molecule has 0 unspecified atom stereocenters. The minimum absolute atomic E-state index is 0. The fourth-order valence-corrected chi connectivity index (χ4v) is 3.37. The molecule has 1 aromatic heterocycles. The minimum Gasteiger partial charge on any atom is -1.00 e. The molecule has 0 spiro atoms. The summed E-state index contributed by atoms with van der Waals surface area (Å²) in [6, 6.07) is 20.7. The number of benzene rings is 2. The Hall–Kier alpha value is -0.920. The lowest BCUT2D eigenvalue weighted by Gasteiger charge is -1.94. The highest BCUT2D eigenvalue weighted by Gasteiger charge is 2.23. The molecule has 0 amide bonds. The third-order valence-corrected chi connectivity index (χ3v) is 4.79. The van der Waals surface area contributed by atoms with Crippen LogP contribution >= 0.6 is 23.1 Å². The van der Waals surface area contributed by atoms with Gasteiger partial charge in [0.2, 0.25) is 10.0 Å². The molecule has 5 heteroatoms. The summed E-state index contributed by atoms with van der Waals surface area (Å²) in [5.41, 5.74) is 2.29. The van der Waals surface area contributed by atoms with Crippen LogP contribution in [0.15, 0.2) is 65.0 Å². The Morgan fingerprint density at radius 1 is 0.950 bits per heavy atom. The van der Waals surface area contributed by atoms with Crippen LogP contribution in [0, 0.1) is 0 Å². The molecule has 20 heavy (non-hydrogen) atoms. The van der Waals surface area contributed by atoms with Crippen molar-refractivity contribution in [2.24, 2.45) is 0 Å². The van der Waals surface area contributed by atoms with E-state index in [1.807, 2.05) is 28.9 Å². The van der Waals surface area contributed by atoms with E-state index < -0.39 is 0 Å². The molecule has 0 aliphatic heterocycles. The van der Waals surface area contributed by atoms with E-state index in [0.29, 0.717) is 0 Å². The van der Waals surface area contributed by atoms with Gasteiger partial charge in [-0.3, -0.25) is 0 Å². The Kier molecular flexibility index (Phi) is 5.56. The van der Waals surface area contributed by atoms with Crippen molar-refractivity contribution in [3.05, 3.63) is 60.7 Å². The normalized spacial score (nSPS) is 10.1. The van der Waals surface area contributed by atoms with Crippen LogP contribution in [0.3, 0.4) is 0 Å². The summed E-state index contributed by atoms with van der Waals surface area (Å²) in [7, 11) is 0. The van der Waals surface area contributed by atoms with Crippen LogP contribution in [0.5, 0.6) is 0 Å². The maximum Gasteiger partial charge on any atom is 0.303 e. The fraction of sp³-hybridized carbons (Fsp3) is 0.0667. The predicted molar refractivity (Wildman–Crippen MR) is 80.9 cm³/mol. The number of hydrogen-bond donors (Lipinski definition) is 0. The van der Waals surface area contributed by atoms with Crippen molar-refractivity contribution in [2.75, 3.05) is 6.26 Å². The molecule has 0 radical (unpaired) electrons. The lowest BCUT2D eigenvalue weighted by atomic mass is 10.2. The molecule has 0 bridgehead atoms. The zero-order valence-electron chi connectivity index (χ0n) is 10.9. The van der Waals surface area contributed by atoms with Crippen molar-refractivity contribution in [3.8, 4) is 16.3 Å². The number of thioether (sulfide) groups is 1. The molecule has 0 N–H and O–H groups in total. The van der Waals surface area contributed by atoms with Gasteiger partial charge < -0.3 is 24.0 Å².